The predicted octanol–water partition coefficient (Wildman–Crippen LogP) is 7.10. The number of anilines is 3. The van der Waals surface area contributed by atoms with Crippen LogP contribution >= 0.6 is 11.6 Å². The minimum atomic E-state index is -0.614. The zero-order valence-electron chi connectivity index (χ0n) is 18.6. The van der Waals surface area contributed by atoms with Crippen molar-refractivity contribution in [1.82, 2.24) is 0 Å². The number of nitrogens with one attached hydrogen (secondary N) is 1. The van der Waals surface area contributed by atoms with Gasteiger partial charge in [0.15, 0.2) is 0 Å². The summed E-state index contributed by atoms with van der Waals surface area (Å²) in [5.41, 5.74) is 1.22. The molecule has 1 aliphatic heterocycles. The van der Waals surface area contributed by atoms with Crippen molar-refractivity contribution in [2.24, 2.45) is 0 Å². The number of carbonyl (C=O) groups is 2. The molecular weight excluding hydrogens is 478 g/mol. The van der Waals surface area contributed by atoms with E-state index in [2.05, 4.69) is 5.32 Å². The lowest BCUT2D eigenvalue weighted by molar-refractivity contribution is -0.383. The van der Waals surface area contributed by atoms with Crippen molar-refractivity contribution in [3.05, 3.63) is 117 Å². The third-order valence-electron chi connectivity index (χ3n) is 6.29. The highest BCUT2D eigenvalue weighted by atomic mass is 35.5. The Hall–Kier alpha value is -4.75. The van der Waals surface area contributed by atoms with Crippen LogP contribution in [-0.4, -0.2) is 16.7 Å². The third-order valence-corrected chi connectivity index (χ3v) is 6.52. The summed E-state index contributed by atoms with van der Waals surface area (Å²) >= 11 is 6.09. The number of hydrogen-bond donors (Lipinski definition) is 1. The molecule has 5 aromatic rings. The minimum absolute atomic E-state index is 0.0942. The van der Waals surface area contributed by atoms with E-state index in [1.54, 1.807) is 54.6 Å². The van der Waals surface area contributed by atoms with E-state index < -0.39 is 16.7 Å². The number of benzene rings is 5. The van der Waals surface area contributed by atoms with E-state index in [9.17, 15) is 19.7 Å². The van der Waals surface area contributed by atoms with Gasteiger partial charge in [-0.1, -0.05) is 60.1 Å². The Bertz CT molecular complexity index is 1770. The zero-order chi connectivity index (χ0) is 25.0. The average Bonchev–Trinajstić information content (AvgIpc) is 2.87. The van der Waals surface area contributed by atoms with Crippen molar-refractivity contribution in [1.29, 1.82) is 0 Å². The molecule has 0 saturated heterocycles. The number of nitro groups is 1. The van der Waals surface area contributed by atoms with Gasteiger partial charge in [-0.05, 0) is 47.2 Å². The van der Waals surface area contributed by atoms with Gasteiger partial charge in [0.1, 0.15) is 5.69 Å². The number of halogens is 1. The number of hydrogen-bond acceptors (Lipinski definition) is 5. The highest BCUT2D eigenvalue weighted by Crippen LogP contribution is 2.42. The number of carbonyl (C=O) groups excluding carboxylic acids is 2. The largest absolute Gasteiger partial charge is 0.349 e. The maximum absolute atomic E-state index is 13.7. The summed E-state index contributed by atoms with van der Waals surface area (Å²) in [6.07, 6.45) is 0. The average molecular weight is 494 g/mol. The van der Waals surface area contributed by atoms with Crippen LogP contribution in [0.3, 0.4) is 0 Å². The molecule has 0 aromatic heterocycles. The summed E-state index contributed by atoms with van der Waals surface area (Å²) in [6, 6.07) is 25.9. The van der Waals surface area contributed by atoms with Gasteiger partial charge >= 0.3 is 0 Å². The second kappa shape index (κ2) is 8.18. The molecule has 1 aliphatic rings. The van der Waals surface area contributed by atoms with E-state index in [4.69, 9.17) is 11.6 Å². The van der Waals surface area contributed by atoms with E-state index in [-0.39, 0.29) is 16.9 Å². The van der Waals surface area contributed by atoms with Crippen LogP contribution in [0.5, 0.6) is 0 Å². The number of imide groups is 1. The van der Waals surface area contributed by atoms with Crippen LogP contribution in [0.1, 0.15) is 20.7 Å². The molecule has 1 N–H and O–H groups in total. The molecule has 0 radical (unpaired) electrons. The molecule has 36 heavy (non-hydrogen) atoms. The molecule has 2 amide bonds. The zero-order valence-corrected chi connectivity index (χ0v) is 19.3. The van der Waals surface area contributed by atoms with Gasteiger partial charge in [-0.25, -0.2) is 4.90 Å². The van der Waals surface area contributed by atoms with Crippen molar-refractivity contribution >= 4 is 67.7 Å². The monoisotopic (exact) mass is 493 g/mol. The van der Waals surface area contributed by atoms with Crippen LogP contribution in [-0.2, 0) is 0 Å². The molecule has 0 aliphatic carbocycles. The first-order valence-electron chi connectivity index (χ1n) is 11.1. The van der Waals surface area contributed by atoms with Crippen molar-refractivity contribution in [2.75, 3.05) is 10.2 Å². The van der Waals surface area contributed by atoms with E-state index in [1.165, 1.54) is 6.07 Å². The molecule has 0 saturated carbocycles. The Balaban J connectivity index is 1.56. The normalized spacial score (nSPS) is 12.9. The standard InChI is InChI=1S/C28H16ClN3O4/c29-18-7-3-8-19(14-18)30-26-21-9-4-10-22-25(21)23(15-24(26)32(35)36)28(34)31(27(22)33)20-12-11-16-5-1-2-6-17(16)13-20/h1-15,30H. The summed E-state index contributed by atoms with van der Waals surface area (Å²) in [5.74, 6) is -1.10. The van der Waals surface area contributed by atoms with Crippen LogP contribution in [0.25, 0.3) is 21.5 Å². The second-order valence-corrected chi connectivity index (χ2v) is 8.85. The van der Waals surface area contributed by atoms with Gasteiger partial charge in [-0.15, -0.1) is 0 Å². The Morgan fingerprint density at radius 2 is 1.53 bits per heavy atom. The van der Waals surface area contributed by atoms with Crippen LogP contribution in [0.15, 0.2) is 91.0 Å². The van der Waals surface area contributed by atoms with E-state index >= 15 is 0 Å². The number of nitrogens with zero attached hydrogens (tertiary/aromatic N) is 2. The number of nitro benzene ring substituents is 1. The maximum Gasteiger partial charge on any atom is 0.294 e. The lowest BCUT2D eigenvalue weighted by Gasteiger charge is -2.28. The van der Waals surface area contributed by atoms with Crippen molar-refractivity contribution in [2.45, 2.75) is 0 Å². The van der Waals surface area contributed by atoms with E-state index in [0.29, 0.717) is 32.7 Å². The Labute approximate surface area is 209 Å². The molecular formula is C28H16ClN3O4. The van der Waals surface area contributed by atoms with Crippen LogP contribution in [0.2, 0.25) is 5.02 Å². The Morgan fingerprint density at radius 3 is 2.31 bits per heavy atom. The predicted molar refractivity (Wildman–Crippen MR) is 140 cm³/mol. The smallest absolute Gasteiger partial charge is 0.294 e. The van der Waals surface area contributed by atoms with Crippen LogP contribution < -0.4 is 10.2 Å². The third kappa shape index (κ3) is 3.37. The lowest BCUT2D eigenvalue weighted by atomic mass is 9.91. The highest BCUT2D eigenvalue weighted by molar-refractivity contribution is 6.37. The lowest BCUT2D eigenvalue weighted by Crippen LogP contribution is -2.40. The first kappa shape index (κ1) is 21.8. The summed E-state index contributed by atoms with van der Waals surface area (Å²) < 4.78 is 0. The molecule has 7 nitrogen and oxygen atoms in total. The van der Waals surface area contributed by atoms with Crippen LogP contribution in [0, 0.1) is 10.1 Å². The summed E-state index contributed by atoms with van der Waals surface area (Å²) in [6.45, 7) is 0. The number of amides is 2. The van der Waals surface area contributed by atoms with Crippen LogP contribution in [0.4, 0.5) is 22.7 Å². The SMILES string of the molecule is O=C1c2cccc3c(Nc4cccc(Cl)c4)c([N+](=O)[O-])cc(c23)C(=O)N1c1ccc2ccccc2c1. The van der Waals surface area contributed by atoms with Gasteiger partial charge in [0, 0.05) is 33.1 Å². The van der Waals surface area contributed by atoms with Gasteiger partial charge in [0.25, 0.3) is 17.5 Å². The van der Waals surface area contributed by atoms with Gasteiger partial charge in [-0.2, -0.15) is 0 Å². The van der Waals surface area contributed by atoms with Gasteiger partial charge in [0.05, 0.1) is 16.2 Å². The summed E-state index contributed by atoms with van der Waals surface area (Å²) in [7, 11) is 0. The first-order chi connectivity index (χ1) is 17.4. The number of fused-ring (bicyclic) bond motifs is 1. The molecule has 8 heteroatoms. The summed E-state index contributed by atoms with van der Waals surface area (Å²) in [4.78, 5) is 39.9. The molecule has 1 heterocycles. The number of rotatable bonds is 4. The topological polar surface area (TPSA) is 92.5 Å². The minimum Gasteiger partial charge on any atom is -0.349 e. The summed E-state index contributed by atoms with van der Waals surface area (Å²) in [5, 5.41) is 18.2. The molecule has 5 aromatic carbocycles. The van der Waals surface area contributed by atoms with Crippen molar-refractivity contribution in [3.63, 3.8) is 0 Å². The van der Waals surface area contributed by atoms with E-state index in [0.717, 1.165) is 15.7 Å². The van der Waals surface area contributed by atoms with Crippen molar-refractivity contribution < 1.29 is 14.5 Å². The molecule has 0 spiro atoms. The van der Waals surface area contributed by atoms with Crippen molar-refractivity contribution in [3.8, 4) is 0 Å². The maximum atomic E-state index is 13.7. The van der Waals surface area contributed by atoms with Gasteiger partial charge in [-0.3, -0.25) is 19.7 Å². The fourth-order valence-electron chi connectivity index (χ4n) is 4.69. The Morgan fingerprint density at radius 1 is 0.778 bits per heavy atom. The molecule has 174 valence electrons. The Kier molecular flexibility index (Phi) is 4.94. The van der Waals surface area contributed by atoms with Gasteiger partial charge < -0.3 is 5.32 Å². The molecule has 0 fully saturated rings. The molecule has 6 rings (SSSR count). The van der Waals surface area contributed by atoms with E-state index in [1.807, 2.05) is 30.3 Å². The molecule has 0 atom stereocenters. The second-order valence-electron chi connectivity index (χ2n) is 8.42. The van der Waals surface area contributed by atoms with Gasteiger partial charge in [0.2, 0.25) is 0 Å². The first-order valence-corrected chi connectivity index (χ1v) is 11.4. The fourth-order valence-corrected chi connectivity index (χ4v) is 4.88. The molecule has 0 unspecified atom stereocenters. The quantitative estimate of drug-likeness (QED) is 0.164. The fraction of sp³-hybridized carbons (Fsp3) is 0. The highest BCUT2D eigenvalue weighted by Gasteiger charge is 2.37. The molecule has 0 bridgehead atoms.